The molecule has 0 radical (unpaired) electrons. The van der Waals surface area contributed by atoms with Gasteiger partial charge in [0, 0.05) is 22.9 Å². The van der Waals surface area contributed by atoms with Gasteiger partial charge < -0.3 is 0 Å². The second-order valence-corrected chi connectivity index (χ2v) is 13.5. The second-order valence-electron chi connectivity index (χ2n) is 8.45. The van der Waals surface area contributed by atoms with Crippen molar-refractivity contribution in [1.29, 1.82) is 0 Å². The van der Waals surface area contributed by atoms with Gasteiger partial charge in [0.05, 0.1) is 13.8 Å². The molecule has 1 heterocycles. The average molecular weight is 404 g/mol. The van der Waals surface area contributed by atoms with Gasteiger partial charge in [-0.2, -0.15) is 0 Å². The maximum atomic E-state index is 4.45. The molecule has 0 aliphatic heterocycles. The standard InChI is InChI=1S/C28H25NSi/c1-30(2,3)27-18-14-23(15-19-27)11-10-22-12-16-24(17-13-22)25-7-6-8-26(21-25)28-9-4-5-20-29-28/h4-9,12-21H,1-3H3. The van der Waals surface area contributed by atoms with Crippen molar-refractivity contribution in [1.82, 2.24) is 4.98 Å². The fourth-order valence-electron chi connectivity index (χ4n) is 3.34. The van der Waals surface area contributed by atoms with Crippen LogP contribution in [0.1, 0.15) is 11.1 Å². The summed E-state index contributed by atoms with van der Waals surface area (Å²) in [5.41, 5.74) is 6.55. The van der Waals surface area contributed by atoms with Crippen molar-refractivity contribution in [3.8, 4) is 34.2 Å². The van der Waals surface area contributed by atoms with E-state index in [0.717, 1.165) is 22.4 Å². The van der Waals surface area contributed by atoms with Crippen LogP contribution in [0.15, 0.2) is 97.2 Å². The number of nitrogens with zero attached hydrogens (tertiary/aromatic N) is 1. The quantitative estimate of drug-likeness (QED) is 0.286. The summed E-state index contributed by atoms with van der Waals surface area (Å²) in [6.45, 7) is 7.09. The first kappa shape index (κ1) is 19.9. The van der Waals surface area contributed by atoms with Crippen LogP contribution in [0.25, 0.3) is 22.4 Å². The third-order valence-electron chi connectivity index (χ3n) is 5.14. The number of aromatic nitrogens is 1. The third-order valence-corrected chi connectivity index (χ3v) is 7.21. The highest BCUT2D eigenvalue weighted by molar-refractivity contribution is 6.88. The van der Waals surface area contributed by atoms with Crippen molar-refractivity contribution in [2.45, 2.75) is 19.6 Å². The van der Waals surface area contributed by atoms with E-state index in [2.05, 4.69) is 109 Å². The summed E-state index contributed by atoms with van der Waals surface area (Å²) in [5.74, 6) is 6.57. The molecule has 0 N–H and O–H groups in total. The third kappa shape index (κ3) is 4.76. The Kier molecular flexibility index (Phi) is 5.65. The van der Waals surface area contributed by atoms with Crippen LogP contribution in [0.2, 0.25) is 19.6 Å². The summed E-state index contributed by atoms with van der Waals surface area (Å²) in [7, 11) is -1.26. The molecule has 0 fully saturated rings. The average Bonchev–Trinajstić information content (AvgIpc) is 2.78. The van der Waals surface area contributed by atoms with Crippen LogP contribution in [0.4, 0.5) is 0 Å². The molecule has 1 aromatic heterocycles. The van der Waals surface area contributed by atoms with Crippen LogP contribution in [-0.4, -0.2) is 13.1 Å². The normalized spacial score (nSPS) is 10.9. The molecule has 0 aliphatic rings. The molecule has 0 saturated carbocycles. The molecule has 0 spiro atoms. The summed E-state index contributed by atoms with van der Waals surface area (Å²) in [4.78, 5) is 4.45. The van der Waals surface area contributed by atoms with Crippen molar-refractivity contribution >= 4 is 13.3 Å². The lowest BCUT2D eigenvalue weighted by Crippen LogP contribution is -2.37. The van der Waals surface area contributed by atoms with E-state index in [9.17, 15) is 0 Å². The van der Waals surface area contributed by atoms with E-state index >= 15 is 0 Å². The predicted molar refractivity (Wildman–Crippen MR) is 131 cm³/mol. The van der Waals surface area contributed by atoms with Crippen LogP contribution < -0.4 is 5.19 Å². The van der Waals surface area contributed by atoms with Crippen LogP contribution in [0.3, 0.4) is 0 Å². The summed E-state index contributed by atoms with van der Waals surface area (Å²) >= 11 is 0. The zero-order chi connectivity index (χ0) is 21.0. The Morgan fingerprint density at radius 3 is 1.83 bits per heavy atom. The highest BCUT2D eigenvalue weighted by Gasteiger charge is 2.15. The first-order valence-corrected chi connectivity index (χ1v) is 13.7. The van der Waals surface area contributed by atoms with E-state index in [1.807, 2.05) is 24.4 Å². The van der Waals surface area contributed by atoms with Gasteiger partial charge in [-0.1, -0.05) is 85.2 Å². The molecule has 4 aromatic rings. The molecule has 1 nitrogen and oxygen atoms in total. The predicted octanol–water partition coefficient (Wildman–Crippen LogP) is 6.36. The Bertz CT molecular complexity index is 1190. The van der Waals surface area contributed by atoms with E-state index in [4.69, 9.17) is 0 Å². The van der Waals surface area contributed by atoms with E-state index in [0.29, 0.717) is 0 Å². The molecule has 0 saturated heterocycles. The van der Waals surface area contributed by atoms with E-state index in [1.165, 1.54) is 16.3 Å². The molecule has 0 atom stereocenters. The Labute approximate surface area is 180 Å². The lowest BCUT2D eigenvalue weighted by Gasteiger charge is -2.15. The zero-order valence-electron chi connectivity index (χ0n) is 17.7. The smallest absolute Gasteiger partial charge is 0.0775 e. The molecule has 0 amide bonds. The molecule has 146 valence electrons. The van der Waals surface area contributed by atoms with Crippen molar-refractivity contribution in [2.75, 3.05) is 0 Å². The number of hydrogen-bond acceptors (Lipinski definition) is 1. The molecule has 2 heteroatoms. The minimum absolute atomic E-state index is 0.988. The SMILES string of the molecule is C[Si](C)(C)c1ccc(C#Cc2ccc(-c3cccc(-c4ccccn4)c3)cc2)cc1. The van der Waals surface area contributed by atoms with Crippen LogP contribution >= 0.6 is 0 Å². The molecule has 3 aromatic carbocycles. The lowest BCUT2D eigenvalue weighted by molar-refractivity contribution is 1.33. The fourth-order valence-corrected chi connectivity index (χ4v) is 4.50. The van der Waals surface area contributed by atoms with Crippen molar-refractivity contribution in [3.05, 3.63) is 108 Å². The summed E-state index contributed by atoms with van der Waals surface area (Å²) in [6, 6.07) is 31.7. The minimum atomic E-state index is -1.26. The Balaban J connectivity index is 1.53. The highest BCUT2D eigenvalue weighted by atomic mass is 28.3. The number of pyridine rings is 1. The number of rotatable bonds is 3. The van der Waals surface area contributed by atoms with Gasteiger partial charge in [-0.15, -0.1) is 0 Å². The number of benzene rings is 3. The topological polar surface area (TPSA) is 12.9 Å². The molecular formula is C28H25NSi. The van der Waals surface area contributed by atoms with Crippen molar-refractivity contribution in [2.24, 2.45) is 0 Å². The number of hydrogen-bond donors (Lipinski definition) is 0. The zero-order valence-corrected chi connectivity index (χ0v) is 18.7. The van der Waals surface area contributed by atoms with E-state index in [1.54, 1.807) is 0 Å². The largest absolute Gasteiger partial charge is 0.256 e. The minimum Gasteiger partial charge on any atom is -0.256 e. The first-order chi connectivity index (χ1) is 14.5. The highest BCUT2D eigenvalue weighted by Crippen LogP contribution is 2.25. The van der Waals surface area contributed by atoms with Gasteiger partial charge in [-0.25, -0.2) is 0 Å². The maximum Gasteiger partial charge on any atom is 0.0775 e. The van der Waals surface area contributed by atoms with Gasteiger partial charge in [0.2, 0.25) is 0 Å². The second kappa shape index (κ2) is 8.53. The van der Waals surface area contributed by atoms with Gasteiger partial charge >= 0.3 is 0 Å². The van der Waals surface area contributed by atoms with Gasteiger partial charge in [0.25, 0.3) is 0 Å². The monoisotopic (exact) mass is 403 g/mol. The maximum absolute atomic E-state index is 4.45. The molecule has 0 unspecified atom stereocenters. The molecular weight excluding hydrogens is 378 g/mol. The molecule has 4 rings (SSSR count). The lowest BCUT2D eigenvalue weighted by atomic mass is 10.0. The van der Waals surface area contributed by atoms with Gasteiger partial charge in [-0.05, 0) is 53.6 Å². The molecule has 0 bridgehead atoms. The van der Waals surface area contributed by atoms with Crippen LogP contribution in [0.5, 0.6) is 0 Å². The Morgan fingerprint density at radius 2 is 1.23 bits per heavy atom. The summed E-state index contributed by atoms with van der Waals surface area (Å²) < 4.78 is 0. The van der Waals surface area contributed by atoms with Crippen molar-refractivity contribution in [3.63, 3.8) is 0 Å². The molecule has 30 heavy (non-hydrogen) atoms. The van der Waals surface area contributed by atoms with Crippen molar-refractivity contribution < 1.29 is 0 Å². The first-order valence-electron chi connectivity index (χ1n) is 10.2. The fraction of sp³-hybridized carbons (Fsp3) is 0.107. The van der Waals surface area contributed by atoms with Gasteiger partial charge in [0.15, 0.2) is 0 Å². The summed E-state index contributed by atoms with van der Waals surface area (Å²) in [6.07, 6.45) is 1.83. The van der Waals surface area contributed by atoms with Gasteiger partial charge in [-0.3, -0.25) is 4.98 Å². The van der Waals surface area contributed by atoms with Gasteiger partial charge in [0.1, 0.15) is 0 Å². The Morgan fingerprint density at radius 1 is 0.600 bits per heavy atom. The van der Waals surface area contributed by atoms with Crippen LogP contribution in [-0.2, 0) is 0 Å². The summed E-state index contributed by atoms with van der Waals surface area (Å²) in [5, 5.41) is 1.46. The van der Waals surface area contributed by atoms with E-state index < -0.39 is 8.07 Å². The molecule has 0 aliphatic carbocycles. The Hall–Kier alpha value is -3.41. The van der Waals surface area contributed by atoms with Crippen LogP contribution in [0, 0.1) is 11.8 Å². The van der Waals surface area contributed by atoms with E-state index in [-0.39, 0.29) is 0 Å².